The Morgan fingerprint density at radius 1 is 1.16 bits per heavy atom. The molecule has 0 spiro atoms. The number of benzene rings is 1. The number of halogens is 2. The molecule has 3 N–H and O–H groups in total. The molecule has 0 fully saturated rings. The molecule has 0 atom stereocenters. The first-order valence-electron chi connectivity index (χ1n) is 4.99. The molecular formula is C11H7Cl2N3O3. The molecule has 1 aromatic carbocycles. The van der Waals surface area contributed by atoms with Crippen molar-refractivity contribution >= 4 is 34.8 Å². The van der Waals surface area contributed by atoms with Crippen LogP contribution in [0.4, 0.5) is 5.69 Å². The number of phenols is 2. The summed E-state index contributed by atoms with van der Waals surface area (Å²) in [5.74, 6) is -1.65. The monoisotopic (exact) mass is 299 g/mol. The average molecular weight is 300 g/mol. The number of aromatic nitrogens is 2. The lowest BCUT2D eigenvalue weighted by atomic mass is 10.1. The number of hydrogen-bond donors (Lipinski definition) is 3. The summed E-state index contributed by atoms with van der Waals surface area (Å²) in [4.78, 5) is 19.3. The van der Waals surface area contributed by atoms with Crippen molar-refractivity contribution < 1.29 is 15.0 Å². The molecule has 0 saturated carbocycles. The van der Waals surface area contributed by atoms with Crippen molar-refractivity contribution in [1.82, 2.24) is 9.97 Å². The summed E-state index contributed by atoms with van der Waals surface area (Å²) in [7, 11) is 0. The third-order valence-electron chi connectivity index (χ3n) is 2.25. The third-order valence-corrected chi connectivity index (χ3v) is 2.83. The van der Waals surface area contributed by atoms with E-state index in [0.29, 0.717) is 0 Å². The topological polar surface area (TPSA) is 95.3 Å². The molecule has 6 nitrogen and oxygen atoms in total. The van der Waals surface area contributed by atoms with Crippen molar-refractivity contribution in [3.63, 3.8) is 0 Å². The molecule has 2 aromatic rings. The number of carbonyl (C=O) groups excluding carboxylic acids is 1. The van der Waals surface area contributed by atoms with Gasteiger partial charge in [-0.25, -0.2) is 9.97 Å². The highest BCUT2D eigenvalue weighted by atomic mass is 35.5. The minimum absolute atomic E-state index is 0.0265. The van der Waals surface area contributed by atoms with Gasteiger partial charge < -0.3 is 15.5 Å². The number of para-hydroxylation sites is 1. The van der Waals surface area contributed by atoms with Crippen LogP contribution < -0.4 is 5.32 Å². The van der Waals surface area contributed by atoms with Crippen molar-refractivity contribution in [3.8, 4) is 11.5 Å². The van der Waals surface area contributed by atoms with Gasteiger partial charge >= 0.3 is 0 Å². The van der Waals surface area contributed by atoms with E-state index < -0.39 is 17.4 Å². The van der Waals surface area contributed by atoms with Crippen LogP contribution in [-0.4, -0.2) is 26.1 Å². The number of anilines is 1. The van der Waals surface area contributed by atoms with Gasteiger partial charge in [0.1, 0.15) is 12.0 Å². The maximum atomic E-state index is 11.9. The Labute approximate surface area is 117 Å². The quantitative estimate of drug-likeness (QED) is 0.585. The third kappa shape index (κ3) is 2.69. The number of nitrogens with one attached hydrogen (secondary N) is 1. The number of phenolic OH excluding ortho intramolecular Hbond substituents is 2. The largest absolute Gasteiger partial charge is 0.504 e. The molecule has 1 heterocycles. The van der Waals surface area contributed by atoms with Gasteiger partial charge in [0.05, 0.1) is 5.56 Å². The van der Waals surface area contributed by atoms with Gasteiger partial charge in [-0.05, 0) is 12.1 Å². The van der Waals surface area contributed by atoms with Gasteiger partial charge in [0.2, 0.25) is 0 Å². The maximum Gasteiger partial charge on any atom is 0.259 e. The fourth-order valence-corrected chi connectivity index (χ4v) is 1.75. The van der Waals surface area contributed by atoms with E-state index in [-0.39, 0.29) is 21.6 Å². The number of carbonyl (C=O) groups is 1. The van der Waals surface area contributed by atoms with Crippen molar-refractivity contribution in [1.29, 1.82) is 0 Å². The SMILES string of the molecule is O=C(Nc1c(Cl)ncnc1Cl)c1cccc(O)c1O. The lowest BCUT2D eigenvalue weighted by Crippen LogP contribution is -2.13. The van der Waals surface area contributed by atoms with Crippen molar-refractivity contribution in [2.75, 3.05) is 5.32 Å². The van der Waals surface area contributed by atoms with E-state index in [9.17, 15) is 15.0 Å². The Hall–Kier alpha value is -2.05. The maximum absolute atomic E-state index is 11.9. The van der Waals surface area contributed by atoms with Crippen LogP contribution in [0.3, 0.4) is 0 Å². The van der Waals surface area contributed by atoms with Gasteiger partial charge in [0, 0.05) is 0 Å². The molecule has 1 amide bonds. The van der Waals surface area contributed by atoms with Crippen LogP contribution in [0.2, 0.25) is 10.3 Å². The van der Waals surface area contributed by atoms with Crippen molar-refractivity contribution in [3.05, 3.63) is 40.4 Å². The molecule has 0 aliphatic heterocycles. The van der Waals surface area contributed by atoms with Crippen LogP contribution in [0.1, 0.15) is 10.4 Å². The van der Waals surface area contributed by atoms with E-state index in [1.807, 2.05) is 0 Å². The summed E-state index contributed by atoms with van der Waals surface area (Å²) in [5.41, 5.74) is -0.102. The first-order valence-corrected chi connectivity index (χ1v) is 5.74. The molecule has 1 aromatic heterocycles. The second kappa shape index (κ2) is 5.29. The molecule has 0 saturated heterocycles. The second-order valence-electron chi connectivity index (χ2n) is 3.46. The number of amides is 1. The summed E-state index contributed by atoms with van der Waals surface area (Å²) in [5, 5.41) is 21.2. The molecule has 0 unspecified atom stereocenters. The van der Waals surface area contributed by atoms with Gasteiger partial charge in [-0.2, -0.15) is 0 Å². The van der Waals surface area contributed by atoms with Crippen molar-refractivity contribution in [2.45, 2.75) is 0 Å². The van der Waals surface area contributed by atoms with Gasteiger partial charge in [-0.15, -0.1) is 0 Å². The highest BCUT2D eigenvalue weighted by Crippen LogP contribution is 2.31. The Morgan fingerprint density at radius 3 is 2.42 bits per heavy atom. The van der Waals surface area contributed by atoms with Crippen LogP contribution in [0, 0.1) is 0 Å². The predicted molar refractivity (Wildman–Crippen MR) is 69.8 cm³/mol. The Balaban J connectivity index is 2.34. The molecule has 0 bridgehead atoms. The molecule has 98 valence electrons. The average Bonchev–Trinajstić information content (AvgIpc) is 2.37. The lowest BCUT2D eigenvalue weighted by Gasteiger charge is -2.09. The molecule has 0 aliphatic carbocycles. The summed E-state index contributed by atoms with van der Waals surface area (Å²) >= 11 is 11.5. The smallest absolute Gasteiger partial charge is 0.259 e. The Morgan fingerprint density at radius 2 is 1.79 bits per heavy atom. The normalized spacial score (nSPS) is 10.2. The van der Waals surface area contributed by atoms with Crippen LogP contribution in [0.5, 0.6) is 11.5 Å². The van der Waals surface area contributed by atoms with Crippen LogP contribution >= 0.6 is 23.2 Å². The van der Waals surface area contributed by atoms with Crippen LogP contribution in [0.25, 0.3) is 0 Å². The number of rotatable bonds is 2. The standard InChI is InChI=1S/C11H7Cl2N3O3/c12-9-7(10(13)15-4-14-9)16-11(19)5-2-1-3-6(17)8(5)18/h1-4,17-18H,(H,16,19). The number of aromatic hydroxyl groups is 2. The van der Waals surface area contributed by atoms with Gasteiger partial charge in [-0.3, -0.25) is 4.79 Å². The van der Waals surface area contributed by atoms with Crippen molar-refractivity contribution in [2.24, 2.45) is 0 Å². The minimum Gasteiger partial charge on any atom is -0.504 e. The molecular weight excluding hydrogens is 293 g/mol. The Kier molecular flexibility index (Phi) is 3.73. The summed E-state index contributed by atoms with van der Waals surface area (Å²) in [6.45, 7) is 0. The van der Waals surface area contributed by atoms with E-state index >= 15 is 0 Å². The summed E-state index contributed by atoms with van der Waals surface area (Å²) < 4.78 is 0. The van der Waals surface area contributed by atoms with Crippen LogP contribution in [0.15, 0.2) is 24.5 Å². The molecule has 0 aliphatic rings. The van der Waals surface area contributed by atoms with E-state index in [2.05, 4.69) is 15.3 Å². The number of hydrogen-bond acceptors (Lipinski definition) is 5. The van der Waals surface area contributed by atoms with E-state index in [4.69, 9.17) is 23.2 Å². The molecule has 2 rings (SSSR count). The molecule has 19 heavy (non-hydrogen) atoms. The number of nitrogens with zero attached hydrogens (tertiary/aromatic N) is 2. The lowest BCUT2D eigenvalue weighted by molar-refractivity contribution is 0.102. The van der Waals surface area contributed by atoms with E-state index in [0.717, 1.165) is 6.33 Å². The van der Waals surface area contributed by atoms with Gasteiger partial charge in [-0.1, -0.05) is 29.3 Å². The predicted octanol–water partition coefficient (Wildman–Crippen LogP) is 2.45. The zero-order valence-electron chi connectivity index (χ0n) is 9.26. The Bertz CT molecular complexity index is 629. The zero-order valence-corrected chi connectivity index (χ0v) is 10.8. The molecule has 8 heteroatoms. The minimum atomic E-state index is -0.702. The van der Waals surface area contributed by atoms with Gasteiger partial charge in [0.15, 0.2) is 21.8 Å². The second-order valence-corrected chi connectivity index (χ2v) is 4.17. The first-order chi connectivity index (χ1) is 9.00. The first kappa shape index (κ1) is 13.4. The highest BCUT2D eigenvalue weighted by molar-refractivity contribution is 6.38. The fourth-order valence-electron chi connectivity index (χ4n) is 1.34. The summed E-state index contributed by atoms with van der Waals surface area (Å²) in [6.07, 6.45) is 1.14. The summed E-state index contributed by atoms with van der Waals surface area (Å²) in [6, 6.07) is 3.99. The molecule has 0 radical (unpaired) electrons. The van der Waals surface area contributed by atoms with Gasteiger partial charge in [0.25, 0.3) is 5.91 Å². The van der Waals surface area contributed by atoms with E-state index in [1.165, 1.54) is 18.2 Å². The van der Waals surface area contributed by atoms with E-state index in [1.54, 1.807) is 0 Å². The highest BCUT2D eigenvalue weighted by Gasteiger charge is 2.17. The fraction of sp³-hybridized carbons (Fsp3) is 0. The zero-order chi connectivity index (χ0) is 14.0. The van der Waals surface area contributed by atoms with Crippen LogP contribution in [-0.2, 0) is 0 Å².